The predicted molar refractivity (Wildman–Crippen MR) is 95.7 cm³/mol. The van der Waals surface area contributed by atoms with Crippen molar-refractivity contribution in [3.8, 4) is 0 Å². The molecule has 2 aromatic rings. The minimum Gasteiger partial charge on any atom is -0.455 e. The minimum absolute atomic E-state index is 0.118. The van der Waals surface area contributed by atoms with Gasteiger partial charge in [-0.05, 0) is 25.1 Å². The Balaban J connectivity index is 1.81. The number of pyridine rings is 1. The number of rotatable bonds is 6. The molecule has 0 aliphatic rings. The van der Waals surface area contributed by atoms with Gasteiger partial charge in [-0.3, -0.25) is 9.59 Å². The minimum atomic E-state index is -0.644. The SMILES string of the molecule is Cc1nc(NC(=O)COC(=O)CSc2ccccc2F)c(Cl)cc1Cl. The standard InChI is InChI=1S/C16H13Cl2FN2O3S/c1-9-10(17)6-11(18)16(20-9)21-14(22)7-24-15(23)8-25-13-5-3-2-4-12(13)19/h2-6H,7-8H2,1H3,(H,20,21,22). The normalized spacial score (nSPS) is 10.4. The van der Waals surface area contributed by atoms with E-state index in [1.165, 1.54) is 12.1 Å². The maximum atomic E-state index is 13.4. The van der Waals surface area contributed by atoms with Crippen molar-refractivity contribution in [2.45, 2.75) is 11.8 Å². The van der Waals surface area contributed by atoms with Crippen molar-refractivity contribution in [1.29, 1.82) is 0 Å². The number of anilines is 1. The average molecular weight is 403 g/mol. The molecule has 1 amide bonds. The highest BCUT2D eigenvalue weighted by atomic mass is 35.5. The molecule has 0 fully saturated rings. The number of amides is 1. The maximum absolute atomic E-state index is 13.4. The Labute approximate surface area is 157 Å². The molecule has 0 aliphatic heterocycles. The number of ether oxygens (including phenoxy) is 1. The van der Waals surface area contributed by atoms with Crippen LogP contribution < -0.4 is 5.32 Å². The van der Waals surface area contributed by atoms with Crippen molar-refractivity contribution in [1.82, 2.24) is 4.98 Å². The van der Waals surface area contributed by atoms with Crippen LogP contribution in [0.2, 0.25) is 10.0 Å². The fourth-order valence-corrected chi connectivity index (χ4v) is 2.84. The first-order valence-electron chi connectivity index (χ1n) is 7.02. The van der Waals surface area contributed by atoms with E-state index in [0.29, 0.717) is 15.6 Å². The van der Waals surface area contributed by atoms with Gasteiger partial charge in [-0.1, -0.05) is 35.3 Å². The first-order chi connectivity index (χ1) is 11.9. The molecule has 132 valence electrons. The number of esters is 1. The zero-order valence-corrected chi connectivity index (χ0v) is 15.3. The average Bonchev–Trinajstić information content (AvgIpc) is 2.57. The van der Waals surface area contributed by atoms with Crippen LogP contribution in [0, 0.1) is 12.7 Å². The third kappa shape index (κ3) is 5.88. The summed E-state index contributed by atoms with van der Waals surface area (Å²) in [6.45, 7) is 1.16. The summed E-state index contributed by atoms with van der Waals surface area (Å²) in [7, 11) is 0. The molecule has 1 heterocycles. The Morgan fingerprint density at radius 2 is 2.00 bits per heavy atom. The lowest BCUT2D eigenvalue weighted by Gasteiger charge is -2.09. The van der Waals surface area contributed by atoms with E-state index < -0.39 is 24.3 Å². The summed E-state index contributed by atoms with van der Waals surface area (Å²) in [6, 6.07) is 7.52. The molecule has 1 aromatic carbocycles. The van der Waals surface area contributed by atoms with E-state index in [9.17, 15) is 14.0 Å². The molecule has 2 rings (SSSR count). The summed E-state index contributed by atoms with van der Waals surface area (Å²) < 4.78 is 18.3. The maximum Gasteiger partial charge on any atom is 0.316 e. The molecule has 25 heavy (non-hydrogen) atoms. The molecule has 1 aromatic heterocycles. The van der Waals surface area contributed by atoms with Gasteiger partial charge in [0.2, 0.25) is 0 Å². The summed E-state index contributed by atoms with van der Waals surface area (Å²) in [5, 5.41) is 2.98. The van der Waals surface area contributed by atoms with Crippen molar-refractivity contribution >= 4 is 52.7 Å². The number of nitrogens with one attached hydrogen (secondary N) is 1. The molecule has 5 nitrogen and oxygen atoms in total. The third-order valence-electron chi connectivity index (χ3n) is 2.91. The molecule has 0 bridgehead atoms. The van der Waals surface area contributed by atoms with Gasteiger partial charge in [0, 0.05) is 4.90 Å². The van der Waals surface area contributed by atoms with Crippen LogP contribution in [0.15, 0.2) is 35.2 Å². The van der Waals surface area contributed by atoms with Gasteiger partial charge < -0.3 is 10.1 Å². The quantitative estimate of drug-likeness (QED) is 0.581. The molecule has 0 unspecified atom stereocenters. The molecule has 0 saturated heterocycles. The molecule has 0 saturated carbocycles. The smallest absolute Gasteiger partial charge is 0.316 e. The van der Waals surface area contributed by atoms with E-state index in [1.807, 2.05) is 0 Å². The van der Waals surface area contributed by atoms with Crippen LogP contribution in [0.5, 0.6) is 0 Å². The topological polar surface area (TPSA) is 68.3 Å². The van der Waals surface area contributed by atoms with Gasteiger partial charge in [-0.15, -0.1) is 11.8 Å². The lowest BCUT2D eigenvalue weighted by molar-refractivity contribution is -0.144. The molecule has 1 N–H and O–H groups in total. The highest BCUT2D eigenvalue weighted by Gasteiger charge is 2.13. The molecule has 9 heteroatoms. The number of thioether (sulfide) groups is 1. The molecule has 0 spiro atoms. The number of carbonyl (C=O) groups excluding carboxylic acids is 2. The fourth-order valence-electron chi connectivity index (χ4n) is 1.70. The van der Waals surface area contributed by atoms with Crippen LogP contribution in [0.4, 0.5) is 10.2 Å². The monoisotopic (exact) mass is 402 g/mol. The number of benzene rings is 1. The summed E-state index contributed by atoms with van der Waals surface area (Å²) in [5.41, 5.74) is 0.500. The second-order valence-electron chi connectivity index (χ2n) is 4.81. The van der Waals surface area contributed by atoms with Crippen LogP contribution in [0.25, 0.3) is 0 Å². The molecule has 0 radical (unpaired) electrons. The Morgan fingerprint density at radius 1 is 1.28 bits per heavy atom. The van der Waals surface area contributed by atoms with Crippen LogP contribution >= 0.6 is 35.0 Å². The second-order valence-corrected chi connectivity index (χ2v) is 6.65. The largest absolute Gasteiger partial charge is 0.455 e. The number of hydrogen-bond acceptors (Lipinski definition) is 5. The van der Waals surface area contributed by atoms with Gasteiger partial charge in [-0.2, -0.15) is 0 Å². The van der Waals surface area contributed by atoms with E-state index in [1.54, 1.807) is 25.1 Å². The highest BCUT2D eigenvalue weighted by molar-refractivity contribution is 8.00. The van der Waals surface area contributed by atoms with Crippen LogP contribution in [0.1, 0.15) is 5.69 Å². The number of carbonyl (C=O) groups is 2. The van der Waals surface area contributed by atoms with Crippen molar-refractivity contribution in [3.63, 3.8) is 0 Å². The highest BCUT2D eigenvalue weighted by Crippen LogP contribution is 2.25. The Morgan fingerprint density at radius 3 is 2.72 bits per heavy atom. The van der Waals surface area contributed by atoms with Gasteiger partial charge in [0.1, 0.15) is 5.82 Å². The zero-order chi connectivity index (χ0) is 18.4. The van der Waals surface area contributed by atoms with Gasteiger partial charge in [0.05, 0.1) is 21.5 Å². The number of nitrogens with zero attached hydrogens (tertiary/aromatic N) is 1. The number of aromatic nitrogens is 1. The van der Waals surface area contributed by atoms with Crippen molar-refractivity contribution in [2.75, 3.05) is 17.7 Å². The Hall–Kier alpha value is -1.83. The van der Waals surface area contributed by atoms with Crippen molar-refractivity contribution in [2.24, 2.45) is 0 Å². The van der Waals surface area contributed by atoms with Crippen LogP contribution in [-0.4, -0.2) is 29.2 Å². The number of hydrogen-bond donors (Lipinski definition) is 1. The Kier molecular flexibility index (Phi) is 7.04. The number of aryl methyl sites for hydroxylation is 1. The van der Waals surface area contributed by atoms with Crippen LogP contribution in [0.3, 0.4) is 0 Å². The van der Waals surface area contributed by atoms with Gasteiger partial charge in [0.25, 0.3) is 5.91 Å². The summed E-state index contributed by atoms with van der Waals surface area (Å²) in [6.07, 6.45) is 0. The summed E-state index contributed by atoms with van der Waals surface area (Å²) in [5.74, 6) is -1.65. The van der Waals surface area contributed by atoms with Crippen molar-refractivity contribution < 1.29 is 18.7 Å². The first kappa shape index (κ1) is 19.5. The van der Waals surface area contributed by atoms with Gasteiger partial charge >= 0.3 is 5.97 Å². The van der Waals surface area contributed by atoms with E-state index in [4.69, 9.17) is 27.9 Å². The molecule has 0 aliphatic carbocycles. The molecular formula is C16H13Cl2FN2O3S. The van der Waals surface area contributed by atoms with Crippen LogP contribution in [-0.2, 0) is 14.3 Å². The van der Waals surface area contributed by atoms with E-state index in [2.05, 4.69) is 10.3 Å². The lowest BCUT2D eigenvalue weighted by atomic mass is 10.3. The fraction of sp³-hybridized carbons (Fsp3) is 0.188. The van der Waals surface area contributed by atoms with Gasteiger partial charge in [-0.25, -0.2) is 9.37 Å². The lowest BCUT2D eigenvalue weighted by Crippen LogP contribution is -2.22. The molecular weight excluding hydrogens is 390 g/mol. The van der Waals surface area contributed by atoms with Crippen molar-refractivity contribution in [3.05, 3.63) is 51.9 Å². The molecule has 0 atom stereocenters. The summed E-state index contributed by atoms with van der Waals surface area (Å²) in [4.78, 5) is 27.8. The predicted octanol–water partition coefficient (Wildman–Crippen LogP) is 4.11. The van der Waals surface area contributed by atoms with E-state index >= 15 is 0 Å². The number of halogens is 3. The summed E-state index contributed by atoms with van der Waals surface area (Å²) >= 11 is 12.8. The van der Waals surface area contributed by atoms with E-state index in [-0.39, 0.29) is 16.6 Å². The first-order valence-corrected chi connectivity index (χ1v) is 8.76. The third-order valence-corrected chi connectivity index (χ3v) is 4.60. The van der Waals surface area contributed by atoms with E-state index in [0.717, 1.165) is 11.8 Å². The van der Waals surface area contributed by atoms with Gasteiger partial charge in [0.15, 0.2) is 12.4 Å². The Bertz CT molecular complexity index is 805. The second kappa shape index (κ2) is 9.03. The zero-order valence-electron chi connectivity index (χ0n) is 13.0.